The number of amides is 1. The fraction of sp³-hybridized carbons (Fsp3) is 0.350. The molecule has 2 aromatic rings. The van der Waals surface area contributed by atoms with E-state index in [1.165, 1.54) is 6.07 Å². The molecule has 0 aromatic heterocycles. The normalized spacial score (nSPS) is 11.2. The molecule has 0 radical (unpaired) electrons. The van der Waals surface area contributed by atoms with E-state index in [2.05, 4.69) is 5.32 Å². The van der Waals surface area contributed by atoms with Gasteiger partial charge in [-0.2, -0.15) is 0 Å². The summed E-state index contributed by atoms with van der Waals surface area (Å²) in [6.07, 6.45) is -0.726. The predicted octanol–water partition coefficient (Wildman–Crippen LogP) is 5.53. The molecule has 6 heteroatoms. The number of benzene rings is 2. The fourth-order valence-corrected chi connectivity index (χ4v) is 3.04. The summed E-state index contributed by atoms with van der Waals surface area (Å²) < 4.78 is 5.27. The molecule has 0 aliphatic heterocycles. The van der Waals surface area contributed by atoms with Crippen LogP contribution >= 0.6 is 0 Å². The number of ether oxygens (including phenoxy) is 1. The first-order valence-electron chi connectivity index (χ1n) is 8.35. The lowest BCUT2D eigenvalue weighted by atomic mass is 9.92. The maximum Gasteiger partial charge on any atom is 0.412 e. The maximum absolute atomic E-state index is 12.3. The van der Waals surface area contributed by atoms with Crippen LogP contribution in [0, 0.1) is 30.9 Å². The smallest absolute Gasteiger partial charge is 0.412 e. The van der Waals surface area contributed by atoms with Crippen LogP contribution in [0.1, 0.15) is 37.5 Å². The van der Waals surface area contributed by atoms with Gasteiger partial charge in [-0.15, -0.1) is 0 Å². The molecular formula is C20H24N2O4. The van der Waals surface area contributed by atoms with Crippen LogP contribution in [-0.4, -0.2) is 16.6 Å². The van der Waals surface area contributed by atoms with Crippen molar-refractivity contribution in [3.8, 4) is 11.1 Å². The Balaban J connectivity index is 2.63. The average Bonchev–Trinajstić information content (AvgIpc) is 2.45. The standard InChI is InChI=1S/C20H24N2O4/c1-12-10-13(2)17(14(3)11-12)15-8-7-9-16(22(24)25)18(15)21-19(23)26-20(4,5)6/h7-11H,1-6H3,(H,21,23). The largest absolute Gasteiger partial charge is 0.444 e. The Morgan fingerprint density at radius 2 is 1.69 bits per heavy atom. The van der Waals surface area contributed by atoms with Gasteiger partial charge < -0.3 is 4.74 Å². The Morgan fingerprint density at radius 1 is 1.12 bits per heavy atom. The molecule has 0 bridgehead atoms. The lowest BCUT2D eigenvalue weighted by molar-refractivity contribution is -0.383. The number of aryl methyl sites for hydroxylation is 3. The van der Waals surface area contributed by atoms with Gasteiger partial charge in [0.15, 0.2) is 0 Å². The van der Waals surface area contributed by atoms with Crippen molar-refractivity contribution in [1.29, 1.82) is 0 Å². The van der Waals surface area contributed by atoms with E-state index >= 15 is 0 Å². The van der Waals surface area contributed by atoms with Gasteiger partial charge in [0.25, 0.3) is 5.69 Å². The highest BCUT2D eigenvalue weighted by Gasteiger charge is 2.24. The summed E-state index contributed by atoms with van der Waals surface area (Å²) >= 11 is 0. The topological polar surface area (TPSA) is 81.5 Å². The second kappa shape index (κ2) is 7.15. The molecule has 0 saturated carbocycles. The quantitative estimate of drug-likeness (QED) is 0.579. The molecule has 2 rings (SSSR count). The third-order valence-corrected chi connectivity index (χ3v) is 3.81. The molecule has 0 aliphatic rings. The minimum atomic E-state index is -0.726. The summed E-state index contributed by atoms with van der Waals surface area (Å²) in [5, 5.41) is 14.1. The van der Waals surface area contributed by atoms with E-state index in [4.69, 9.17) is 4.74 Å². The van der Waals surface area contributed by atoms with Crippen molar-refractivity contribution in [3.05, 3.63) is 57.1 Å². The van der Waals surface area contributed by atoms with Gasteiger partial charge in [-0.1, -0.05) is 29.8 Å². The predicted molar refractivity (Wildman–Crippen MR) is 103 cm³/mol. The second-order valence-electron chi connectivity index (χ2n) is 7.36. The molecule has 6 nitrogen and oxygen atoms in total. The third kappa shape index (κ3) is 4.39. The third-order valence-electron chi connectivity index (χ3n) is 3.81. The van der Waals surface area contributed by atoms with Crippen molar-refractivity contribution in [3.63, 3.8) is 0 Å². The average molecular weight is 356 g/mol. The van der Waals surface area contributed by atoms with Crippen LogP contribution in [0.2, 0.25) is 0 Å². The van der Waals surface area contributed by atoms with Crippen LogP contribution in [0.25, 0.3) is 11.1 Å². The number of carbonyl (C=O) groups is 1. The van der Waals surface area contributed by atoms with Crippen molar-refractivity contribution in [2.24, 2.45) is 0 Å². The van der Waals surface area contributed by atoms with Crippen LogP contribution in [0.5, 0.6) is 0 Å². The van der Waals surface area contributed by atoms with E-state index in [1.54, 1.807) is 32.9 Å². The monoisotopic (exact) mass is 356 g/mol. The van der Waals surface area contributed by atoms with Crippen LogP contribution in [-0.2, 0) is 4.74 Å². The molecule has 0 spiro atoms. The molecule has 0 heterocycles. The van der Waals surface area contributed by atoms with Crippen molar-refractivity contribution in [2.75, 3.05) is 5.32 Å². The molecule has 0 aliphatic carbocycles. The number of nitro groups is 1. The number of anilines is 1. The molecule has 0 saturated heterocycles. The van der Waals surface area contributed by atoms with Gasteiger partial charge in [0.1, 0.15) is 11.3 Å². The molecule has 1 amide bonds. The van der Waals surface area contributed by atoms with Gasteiger partial charge >= 0.3 is 6.09 Å². The van der Waals surface area contributed by atoms with Gasteiger partial charge in [-0.3, -0.25) is 15.4 Å². The van der Waals surface area contributed by atoms with Crippen LogP contribution in [0.4, 0.5) is 16.2 Å². The van der Waals surface area contributed by atoms with Crippen molar-refractivity contribution >= 4 is 17.5 Å². The van der Waals surface area contributed by atoms with Crippen LogP contribution in [0.3, 0.4) is 0 Å². The van der Waals surface area contributed by atoms with E-state index in [-0.39, 0.29) is 11.4 Å². The number of nitrogens with one attached hydrogen (secondary N) is 1. The van der Waals surface area contributed by atoms with E-state index in [9.17, 15) is 14.9 Å². The molecular weight excluding hydrogens is 332 g/mol. The van der Waals surface area contributed by atoms with Gasteiger partial charge in [0, 0.05) is 11.6 Å². The molecule has 2 aromatic carbocycles. The summed E-state index contributed by atoms with van der Waals surface area (Å²) in [4.78, 5) is 23.3. The molecule has 0 atom stereocenters. The number of rotatable bonds is 3. The van der Waals surface area contributed by atoms with Crippen molar-refractivity contribution < 1.29 is 14.5 Å². The highest BCUT2D eigenvalue weighted by molar-refractivity contribution is 5.97. The Hall–Kier alpha value is -2.89. The van der Waals surface area contributed by atoms with Crippen molar-refractivity contribution in [2.45, 2.75) is 47.1 Å². The molecule has 1 N–H and O–H groups in total. The highest BCUT2D eigenvalue weighted by Crippen LogP contribution is 2.39. The number of hydrogen-bond donors (Lipinski definition) is 1. The SMILES string of the molecule is Cc1cc(C)c(-c2cccc([N+](=O)[O-])c2NC(=O)OC(C)(C)C)c(C)c1. The van der Waals surface area contributed by atoms with Gasteiger partial charge in [-0.05, 0) is 58.2 Å². The lowest BCUT2D eigenvalue weighted by Crippen LogP contribution is -2.27. The summed E-state index contributed by atoms with van der Waals surface area (Å²) in [7, 11) is 0. The molecule has 26 heavy (non-hydrogen) atoms. The van der Waals surface area contributed by atoms with E-state index in [0.29, 0.717) is 5.56 Å². The van der Waals surface area contributed by atoms with Gasteiger partial charge in [0.05, 0.1) is 4.92 Å². The highest BCUT2D eigenvalue weighted by atomic mass is 16.6. The number of hydrogen-bond acceptors (Lipinski definition) is 4. The number of nitrogens with zero attached hydrogens (tertiary/aromatic N) is 1. The summed E-state index contributed by atoms with van der Waals surface area (Å²) in [6, 6.07) is 8.78. The molecule has 0 unspecified atom stereocenters. The first kappa shape index (κ1) is 19.4. The molecule has 138 valence electrons. The van der Waals surface area contributed by atoms with Gasteiger partial charge in [0.2, 0.25) is 0 Å². The zero-order valence-corrected chi connectivity index (χ0v) is 16.0. The zero-order valence-electron chi connectivity index (χ0n) is 16.0. The first-order valence-corrected chi connectivity index (χ1v) is 8.35. The fourth-order valence-electron chi connectivity index (χ4n) is 3.04. The Labute approximate surface area is 153 Å². The summed E-state index contributed by atoms with van der Waals surface area (Å²) in [5.74, 6) is 0. The van der Waals surface area contributed by atoms with Crippen LogP contribution < -0.4 is 5.32 Å². The lowest BCUT2D eigenvalue weighted by Gasteiger charge is -2.21. The van der Waals surface area contributed by atoms with E-state index in [0.717, 1.165) is 22.3 Å². The van der Waals surface area contributed by atoms with Crippen LogP contribution in [0.15, 0.2) is 30.3 Å². The van der Waals surface area contributed by atoms with Gasteiger partial charge in [-0.25, -0.2) is 4.79 Å². The second-order valence-corrected chi connectivity index (χ2v) is 7.36. The number of nitro benzene ring substituents is 1. The maximum atomic E-state index is 12.3. The number of para-hydroxylation sites is 1. The Bertz CT molecular complexity index is 844. The Kier molecular flexibility index (Phi) is 5.35. The van der Waals surface area contributed by atoms with E-state index < -0.39 is 16.6 Å². The summed E-state index contributed by atoms with van der Waals surface area (Å²) in [6.45, 7) is 11.1. The zero-order chi connectivity index (χ0) is 19.6. The number of carbonyl (C=O) groups excluding carboxylic acids is 1. The Morgan fingerprint density at radius 3 is 2.19 bits per heavy atom. The van der Waals surface area contributed by atoms with Crippen molar-refractivity contribution in [1.82, 2.24) is 0 Å². The summed E-state index contributed by atoms with van der Waals surface area (Å²) in [5.41, 5.74) is 3.80. The minimum absolute atomic E-state index is 0.141. The van der Waals surface area contributed by atoms with E-state index in [1.807, 2.05) is 32.9 Å². The first-order chi connectivity index (χ1) is 12.0. The minimum Gasteiger partial charge on any atom is -0.444 e. The molecule has 0 fully saturated rings.